The van der Waals surface area contributed by atoms with Crippen LogP contribution in [0.2, 0.25) is 0 Å². The van der Waals surface area contributed by atoms with Gasteiger partial charge in [0.1, 0.15) is 34.9 Å². The monoisotopic (exact) mass is 867 g/mol. The van der Waals surface area contributed by atoms with E-state index in [2.05, 4.69) is 20.3 Å². The first-order valence-electron chi connectivity index (χ1n) is 19.8. The second-order valence-electron chi connectivity index (χ2n) is 16.5. The summed E-state index contributed by atoms with van der Waals surface area (Å²) in [6.07, 6.45) is -1.93. The molecule has 0 radical (unpaired) electrons. The molecule has 0 spiro atoms. The number of fused-ring (bicyclic) bond motifs is 5. The maximum absolute atomic E-state index is 14.7. The Kier molecular flexibility index (Phi) is 11.4. The van der Waals surface area contributed by atoms with Crippen LogP contribution < -0.4 is 29.6 Å². The van der Waals surface area contributed by atoms with Crippen LogP contribution in [0.5, 0.6) is 17.5 Å². The molecule has 3 aliphatic heterocycles. The smallest absolute Gasteiger partial charge is 0.427 e. The number of nitrogens with zero attached hydrogens (tertiary/aromatic N) is 2. The van der Waals surface area contributed by atoms with Crippen molar-refractivity contribution in [3.63, 3.8) is 0 Å². The molecule has 1 aromatic carbocycles. The Hall–Kier alpha value is -4.85. The van der Waals surface area contributed by atoms with Crippen molar-refractivity contribution in [3.05, 3.63) is 48.2 Å². The van der Waals surface area contributed by atoms with Crippen LogP contribution in [0.25, 0.3) is 10.8 Å². The first kappa shape index (κ1) is 43.2. The highest BCUT2D eigenvalue weighted by Crippen LogP contribution is 2.48. The topological polar surface area (TPSA) is 184 Å². The lowest BCUT2D eigenvalue weighted by Gasteiger charge is -2.42. The van der Waals surface area contributed by atoms with E-state index in [-0.39, 0.29) is 44.0 Å². The second-order valence-corrected chi connectivity index (χ2v) is 18.5. The molecule has 7 rings (SSSR count). The van der Waals surface area contributed by atoms with Gasteiger partial charge in [0.25, 0.3) is 5.91 Å². The maximum Gasteiger partial charge on any atom is 0.427 e. The minimum Gasteiger partial charge on any atom is -0.497 e. The predicted molar refractivity (Wildman–Crippen MR) is 207 cm³/mol. The van der Waals surface area contributed by atoms with Crippen LogP contribution in [-0.2, 0) is 29.1 Å². The third kappa shape index (κ3) is 8.15. The van der Waals surface area contributed by atoms with Gasteiger partial charge >= 0.3 is 12.3 Å². The molecule has 20 heteroatoms. The Labute approximate surface area is 344 Å². The summed E-state index contributed by atoms with van der Waals surface area (Å²) in [6.45, 7) is 2.05. The molecule has 328 valence electrons. The van der Waals surface area contributed by atoms with Gasteiger partial charge in [-0.05, 0) is 82.0 Å². The molecule has 3 fully saturated rings. The first-order valence-corrected chi connectivity index (χ1v) is 21.3. The zero-order chi connectivity index (χ0) is 43.4. The van der Waals surface area contributed by atoms with Crippen LogP contribution in [0, 0.1) is 5.92 Å². The van der Waals surface area contributed by atoms with Gasteiger partial charge in [-0.25, -0.2) is 17.6 Å². The summed E-state index contributed by atoms with van der Waals surface area (Å²) in [4.78, 5) is 48.2. The fourth-order valence-electron chi connectivity index (χ4n) is 8.02. The van der Waals surface area contributed by atoms with Crippen LogP contribution in [0.15, 0.2) is 48.2 Å². The fourth-order valence-corrected chi connectivity index (χ4v) is 9.44. The van der Waals surface area contributed by atoms with E-state index in [4.69, 9.17) is 23.7 Å². The van der Waals surface area contributed by atoms with E-state index in [9.17, 15) is 40.4 Å². The van der Waals surface area contributed by atoms with Gasteiger partial charge in [0, 0.05) is 29.5 Å². The summed E-state index contributed by atoms with van der Waals surface area (Å²) < 4.78 is 111. The number of carbonyl (C=O) groups excluding carboxylic acids is 3. The highest BCUT2D eigenvalue weighted by atomic mass is 32.2. The van der Waals surface area contributed by atoms with Crippen molar-refractivity contribution in [1.82, 2.24) is 25.2 Å². The number of ether oxygens (including phenoxy) is 5. The lowest BCUT2D eigenvalue weighted by molar-refractivity contribution is -0.244. The Bertz CT molecular complexity index is 2190. The number of halogens is 4. The quantitative estimate of drug-likeness (QED) is 0.209. The Morgan fingerprint density at radius 2 is 1.88 bits per heavy atom. The molecule has 0 unspecified atom stereocenters. The average molecular weight is 868 g/mol. The summed E-state index contributed by atoms with van der Waals surface area (Å²) in [6, 6.07) is 4.68. The fraction of sp³-hybridized carbons (Fsp3) is 0.600. The van der Waals surface area contributed by atoms with Crippen LogP contribution >= 0.6 is 0 Å². The summed E-state index contributed by atoms with van der Waals surface area (Å²) in [5.41, 5.74) is -4.21. The van der Waals surface area contributed by atoms with Gasteiger partial charge in [-0.1, -0.05) is 19.1 Å². The highest BCUT2D eigenvalue weighted by Gasteiger charge is 2.64. The number of amides is 3. The lowest BCUT2D eigenvalue weighted by Crippen LogP contribution is -2.59. The minimum absolute atomic E-state index is 0.0147. The van der Waals surface area contributed by atoms with Crippen LogP contribution in [-0.4, -0.2) is 116 Å². The molecule has 3 amide bonds. The Morgan fingerprint density at radius 3 is 2.53 bits per heavy atom. The van der Waals surface area contributed by atoms with Gasteiger partial charge in [-0.15, -0.1) is 0 Å². The van der Waals surface area contributed by atoms with E-state index in [1.165, 1.54) is 14.2 Å². The summed E-state index contributed by atoms with van der Waals surface area (Å²) >= 11 is 0. The van der Waals surface area contributed by atoms with Crippen LogP contribution in [0.4, 0.5) is 22.4 Å². The maximum atomic E-state index is 14.7. The molecule has 15 nitrogen and oxygen atoms in total. The van der Waals surface area contributed by atoms with Gasteiger partial charge in [0.05, 0.1) is 39.0 Å². The molecule has 5 aliphatic rings. The Balaban J connectivity index is 1.26. The van der Waals surface area contributed by atoms with Crippen molar-refractivity contribution < 1.29 is 64.0 Å². The standard InChI is InChI=1S/C40H49F4N5O10S/c1-6-30-32(46-36(52)59-37(2,3)40(42,43)44)28-17-25(57-30)10-8-7-9-23-19-39(23,35(51)48-60(53,54)38(21-41)13-14-38)47-33(50)29-18-26(20-49(28)29)58-34-27-12-11-24(55-4)15-22(27)16-31(45-34)56-5/h7,9,11-12,15-17,23,25-26,29-30,32H,6,8,10,13-14,18-21H2,1-5H3,(H,46,52)(H,47,50)(H,48,51)/b9-7-/t23-,25+,26-,29+,30+,32-,39-/m1/s1. The summed E-state index contributed by atoms with van der Waals surface area (Å²) in [7, 11) is -1.47. The molecule has 2 aliphatic carbocycles. The van der Waals surface area contributed by atoms with E-state index >= 15 is 0 Å². The van der Waals surface area contributed by atoms with Gasteiger partial charge in [-0.3, -0.25) is 14.3 Å². The molecule has 3 N–H and O–H groups in total. The third-order valence-electron chi connectivity index (χ3n) is 12.1. The molecule has 2 saturated carbocycles. The molecule has 7 atom stereocenters. The van der Waals surface area contributed by atoms with Gasteiger partial charge in [0.2, 0.25) is 33.3 Å². The number of allylic oxidation sites excluding steroid dienone is 1. The Morgan fingerprint density at radius 1 is 1.13 bits per heavy atom. The average Bonchev–Trinajstić information content (AvgIpc) is 4.10. The van der Waals surface area contributed by atoms with E-state index in [1.807, 2.05) is 0 Å². The number of alkyl halides is 4. The number of hydrogen-bond donors (Lipinski definition) is 3. The molecule has 1 saturated heterocycles. The first-order chi connectivity index (χ1) is 28.3. The number of sulfonamides is 1. The summed E-state index contributed by atoms with van der Waals surface area (Å²) in [5, 5.41) is 6.68. The van der Waals surface area contributed by atoms with Gasteiger partial charge in [0.15, 0.2) is 0 Å². The van der Waals surface area contributed by atoms with Crippen LogP contribution in [0.1, 0.15) is 65.7 Å². The van der Waals surface area contributed by atoms with E-state index in [1.54, 1.807) is 54.3 Å². The third-order valence-corrected chi connectivity index (χ3v) is 14.2. The van der Waals surface area contributed by atoms with Crippen molar-refractivity contribution >= 4 is 38.7 Å². The zero-order valence-corrected chi connectivity index (χ0v) is 34.6. The molecule has 2 bridgehead atoms. The van der Waals surface area contributed by atoms with E-state index in [0.29, 0.717) is 41.5 Å². The molecule has 60 heavy (non-hydrogen) atoms. The number of hydrogen-bond acceptors (Lipinski definition) is 12. The number of aromatic nitrogens is 1. The number of nitrogens with one attached hydrogen (secondary N) is 3. The molecule has 1 aromatic heterocycles. The molecule has 4 heterocycles. The van der Waals surface area contributed by atoms with Crippen molar-refractivity contribution in [1.29, 1.82) is 0 Å². The largest absolute Gasteiger partial charge is 0.497 e. The van der Waals surface area contributed by atoms with Crippen molar-refractivity contribution in [2.45, 2.75) is 118 Å². The van der Waals surface area contributed by atoms with Crippen molar-refractivity contribution in [3.8, 4) is 17.5 Å². The van der Waals surface area contributed by atoms with Crippen molar-refractivity contribution in [2.75, 3.05) is 27.4 Å². The summed E-state index contributed by atoms with van der Waals surface area (Å²) in [5.74, 6) is -1.34. The lowest BCUT2D eigenvalue weighted by atomic mass is 9.96. The second kappa shape index (κ2) is 15.9. The number of rotatable bonds is 11. The number of benzene rings is 1. The molecule has 2 aromatic rings. The highest BCUT2D eigenvalue weighted by molar-refractivity contribution is 7.91. The number of carbonyl (C=O) groups is 3. The van der Waals surface area contributed by atoms with Crippen molar-refractivity contribution in [2.24, 2.45) is 5.92 Å². The zero-order valence-electron chi connectivity index (χ0n) is 33.8. The minimum atomic E-state index is -4.89. The predicted octanol–water partition coefficient (Wildman–Crippen LogP) is 4.74. The van der Waals surface area contributed by atoms with Gasteiger partial charge in [-0.2, -0.15) is 18.2 Å². The van der Waals surface area contributed by atoms with E-state index in [0.717, 1.165) is 13.8 Å². The van der Waals surface area contributed by atoms with Gasteiger partial charge < -0.3 is 39.2 Å². The van der Waals surface area contributed by atoms with Crippen LogP contribution in [0.3, 0.4) is 0 Å². The number of alkyl carbamates (subject to hydrolysis) is 1. The number of pyridine rings is 1. The molecular formula is C40H49F4N5O10S. The number of methoxy groups -OCH3 is 2. The normalized spacial score (nSPS) is 29.2. The van der Waals surface area contributed by atoms with E-state index < -0.39 is 93.0 Å². The molecular weight excluding hydrogens is 819 g/mol. The SMILES string of the molecule is CC[C@@H]1O[C@@H]2C=C([C@H]1NC(=O)OC(C)(C)C(F)(F)F)N1C[C@H](Oc3nc(OC)cc4cc(OC)ccc34)C[C@H]1C(=O)N[C@]1(C(=O)NS(=O)(=O)C3(CF)CC3)C[C@H]1/C=C\CC2.